The molecule has 3 N–H and O–H groups in total. The van der Waals surface area contributed by atoms with Crippen LogP contribution in [0.3, 0.4) is 0 Å². The predicted molar refractivity (Wildman–Crippen MR) is 134 cm³/mol. The largest absolute Gasteiger partial charge is 0.463 e. The van der Waals surface area contributed by atoms with Crippen LogP contribution in [0.5, 0.6) is 0 Å². The van der Waals surface area contributed by atoms with E-state index in [1.54, 1.807) is 6.07 Å². The van der Waals surface area contributed by atoms with E-state index >= 15 is 0 Å². The van der Waals surface area contributed by atoms with Crippen molar-refractivity contribution in [2.75, 3.05) is 18.5 Å². The van der Waals surface area contributed by atoms with E-state index in [4.69, 9.17) is 14.2 Å². The van der Waals surface area contributed by atoms with Gasteiger partial charge in [0.2, 0.25) is 5.60 Å². The number of aliphatic hydroxyl groups is 2. The topological polar surface area (TPSA) is 168 Å². The first-order valence-corrected chi connectivity index (χ1v) is 13.3. The van der Waals surface area contributed by atoms with Gasteiger partial charge in [-0.2, -0.15) is 10.4 Å². The SMILES string of the molecule is CCCCCOC(=O)Nc1ncnn2c([C@]3(C#N)O[C@H](COC(=O)CC4CCCCC4)[C@@H](O)[C@H]3O)ccc12. The van der Waals surface area contributed by atoms with Crippen LogP contribution in [0.2, 0.25) is 0 Å². The van der Waals surface area contributed by atoms with E-state index in [1.807, 2.05) is 13.0 Å². The fourth-order valence-electron chi connectivity index (χ4n) is 5.14. The molecule has 1 amide bonds. The first kappa shape index (κ1) is 27.8. The zero-order chi connectivity index (χ0) is 27.1. The first-order valence-electron chi connectivity index (χ1n) is 13.3. The number of aliphatic hydroxyl groups excluding tert-OH is 2. The number of unbranched alkanes of at least 4 members (excludes halogenated alkanes) is 2. The third kappa shape index (κ3) is 5.90. The minimum absolute atomic E-state index is 0.124. The van der Waals surface area contributed by atoms with Crippen LogP contribution in [-0.2, 0) is 24.6 Å². The maximum Gasteiger partial charge on any atom is 0.412 e. The summed E-state index contributed by atoms with van der Waals surface area (Å²) in [6, 6.07) is 5.02. The normalized spacial score (nSPS) is 25.7. The summed E-state index contributed by atoms with van der Waals surface area (Å²) in [5, 5.41) is 38.4. The van der Waals surface area contributed by atoms with Crippen LogP contribution in [0.25, 0.3) is 5.52 Å². The number of hydrogen-bond acceptors (Lipinski definition) is 10. The van der Waals surface area contributed by atoms with Gasteiger partial charge >= 0.3 is 12.1 Å². The Labute approximate surface area is 220 Å². The lowest BCUT2D eigenvalue weighted by molar-refractivity contribution is -0.152. The number of esters is 1. The lowest BCUT2D eigenvalue weighted by Gasteiger charge is -2.24. The number of rotatable bonds is 10. The van der Waals surface area contributed by atoms with Crippen molar-refractivity contribution in [2.24, 2.45) is 5.92 Å². The average Bonchev–Trinajstić information content (AvgIpc) is 3.46. The Morgan fingerprint density at radius 2 is 2.03 bits per heavy atom. The standard InChI is InChI=1S/C26H35N5O7/c1-2-3-7-12-36-25(35)30-24-18-10-11-20(31(18)29-16-28-24)26(15-27)23(34)22(33)19(38-26)14-37-21(32)13-17-8-5-4-6-9-17/h10-11,16-17,19,22-23,33-34H,2-9,12-14H2,1H3,(H,28,29,30,35)/t19-,22-,23-,26+/m1/s1. The van der Waals surface area contributed by atoms with Gasteiger partial charge in [0.1, 0.15) is 42.8 Å². The summed E-state index contributed by atoms with van der Waals surface area (Å²) in [7, 11) is 0. The number of nitrogens with one attached hydrogen (secondary N) is 1. The number of ether oxygens (including phenoxy) is 3. The summed E-state index contributed by atoms with van der Waals surface area (Å²) in [5.41, 5.74) is -1.55. The molecule has 0 aromatic carbocycles. The molecule has 0 bridgehead atoms. The Hall–Kier alpha value is -3.27. The molecule has 1 aliphatic carbocycles. The number of fused-ring (bicyclic) bond motifs is 1. The summed E-state index contributed by atoms with van der Waals surface area (Å²) in [5.74, 6) is 0.0357. The molecule has 1 saturated heterocycles. The Bertz CT molecular complexity index is 1160. The van der Waals surface area contributed by atoms with E-state index in [-0.39, 0.29) is 30.6 Å². The van der Waals surface area contributed by atoms with Gasteiger partial charge < -0.3 is 24.4 Å². The smallest absolute Gasteiger partial charge is 0.412 e. The molecule has 1 saturated carbocycles. The summed E-state index contributed by atoms with van der Waals surface area (Å²) >= 11 is 0. The van der Waals surface area contributed by atoms with Gasteiger partial charge in [0.15, 0.2) is 5.82 Å². The van der Waals surface area contributed by atoms with Crippen molar-refractivity contribution in [3.8, 4) is 6.07 Å². The summed E-state index contributed by atoms with van der Waals surface area (Å²) in [6.07, 6.45) is 4.59. The Kier molecular flexibility index (Phi) is 9.14. The molecule has 2 aromatic heterocycles. The number of nitrogens with zero attached hydrogens (tertiary/aromatic N) is 4. The lowest BCUT2D eigenvalue weighted by Crippen LogP contribution is -2.41. The van der Waals surface area contributed by atoms with Gasteiger partial charge in [0.05, 0.1) is 12.3 Å². The number of amides is 1. The van der Waals surface area contributed by atoms with Crippen molar-refractivity contribution >= 4 is 23.4 Å². The molecule has 0 unspecified atom stereocenters. The van der Waals surface area contributed by atoms with E-state index < -0.39 is 36.0 Å². The maximum absolute atomic E-state index is 12.4. The minimum Gasteiger partial charge on any atom is -0.463 e. The van der Waals surface area contributed by atoms with Crippen molar-refractivity contribution in [3.05, 3.63) is 24.2 Å². The van der Waals surface area contributed by atoms with Crippen LogP contribution < -0.4 is 5.32 Å². The lowest BCUT2D eigenvalue weighted by atomic mass is 9.87. The molecule has 4 rings (SSSR count). The molecule has 2 aromatic rings. The van der Waals surface area contributed by atoms with Gasteiger partial charge in [-0.05, 0) is 37.3 Å². The van der Waals surface area contributed by atoms with Gasteiger partial charge in [-0.25, -0.2) is 14.3 Å². The Morgan fingerprint density at radius 1 is 1.24 bits per heavy atom. The summed E-state index contributed by atoms with van der Waals surface area (Å²) in [4.78, 5) is 28.6. The molecule has 3 heterocycles. The average molecular weight is 530 g/mol. The van der Waals surface area contributed by atoms with Gasteiger partial charge in [0.25, 0.3) is 0 Å². The third-order valence-electron chi connectivity index (χ3n) is 7.25. The molecule has 1 aliphatic heterocycles. The molecule has 0 radical (unpaired) electrons. The Morgan fingerprint density at radius 3 is 2.76 bits per heavy atom. The minimum atomic E-state index is -2.00. The number of aromatic nitrogens is 3. The fourth-order valence-corrected chi connectivity index (χ4v) is 5.14. The van der Waals surface area contributed by atoms with Crippen molar-refractivity contribution in [1.29, 1.82) is 5.26 Å². The van der Waals surface area contributed by atoms with E-state index in [9.17, 15) is 25.1 Å². The van der Waals surface area contributed by atoms with Gasteiger partial charge in [-0.15, -0.1) is 0 Å². The number of carbonyl (C=O) groups is 2. The Balaban J connectivity index is 1.46. The molecule has 2 aliphatic rings. The van der Waals surface area contributed by atoms with E-state index in [2.05, 4.69) is 15.4 Å². The summed E-state index contributed by atoms with van der Waals surface area (Å²) < 4.78 is 17.7. The van der Waals surface area contributed by atoms with Gasteiger partial charge in [-0.3, -0.25) is 10.1 Å². The highest BCUT2D eigenvalue weighted by atomic mass is 16.6. The van der Waals surface area contributed by atoms with Crippen molar-refractivity contribution in [3.63, 3.8) is 0 Å². The zero-order valence-corrected chi connectivity index (χ0v) is 21.5. The highest BCUT2D eigenvalue weighted by Gasteiger charge is 2.57. The number of hydrogen-bond donors (Lipinski definition) is 3. The van der Waals surface area contributed by atoms with Gasteiger partial charge in [0, 0.05) is 6.42 Å². The molecule has 38 heavy (non-hydrogen) atoms. The second kappa shape index (κ2) is 12.5. The quantitative estimate of drug-likeness (QED) is 0.307. The van der Waals surface area contributed by atoms with Gasteiger partial charge in [-0.1, -0.05) is 39.0 Å². The van der Waals surface area contributed by atoms with E-state index in [0.29, 0.717) is 11.9 Å². The number of anilines is 1. The molecule has 12 nitrogen and oxygen atoms in total. The highest BCUT2D eigenvalue weighted by Crippen LogP contribution is 2.40. The predicted octanol–water partition coefficient (Wildman–Crippen LogP) is 2.82. The number of carbonyl (C=O) groups excluding carboxylic acids is 2. The first-order chi connectivity index (χ1) is 18.4. The highest BCUT2D eigenvalue weighted by molar-refractivity contribution is 5.88. The van der Waals surface area contributed by atoms with E-state index in [0.717, 1.165) is 44.9 Å². The second-order valence-electron chi connectivity index (χ2n) is 9.92. The van der Waals surface area contributed by atoms with Crippen LogP contribution >= 0.6 is 0 Å². The maximum atomic E-state index is 12.4. The molecule has 12 heteroatoms. The summed E-state index contributed by atoms with van der Waals surface area (Å²) in [6.45, 7) is 2.02. The van der Waals surface area contributed by atoms with Crippen LogP contribution in [0, 0.1) is 17.2 Å². The fraction of sp³-hybridized carbons (Fsp3) is 0.654. The van der Waals surface area contributed by atoms with Crippen LogP contribution in [-0.4, -0.2) is 68.4 Å². The molecular formula is C26H35N5O7. The monoisotopic (exact) mass is 529 g/mol. The third-order valence-corrected chi connectivity index (χ3v) is 7.25. The van der Waals surface area contributed by atoms with Crippen molar-refractivity contribution in [1.82, 2.24) is 14.6 Å². The number of nitriles is 1. The second-order valence-corrected chi connectivity index (χ2v) is 9.92. The van der Waals surface area contributed by atoms with Crippen molar-refractivity contribution in [2.45, 2.75) is 88.6 Å². The molecule has 2 fully saturated rings. The molecular weight excluding hydrogens is 494 g/mol. The van der Waals surface area contributed by atoms with Crippen LogP contribution in [0.15, 0.2) is 18.5 Å². The van der Waals surface area contributed by atoms with E-state index in [1.165, 1.54) is 23.3 Å². The van der Waals surface area contributed by atoms with Crippen molar-refractivity contribution < 1.29 is 34.0 Å². The molecule has 0 spiro atoms. The zero-order valence-electron chi connectivity index (χ0n) is 21.5. The van der Waals surface area contributed by atoms with Crippen LogP contribution in [0.1, 0.15) is 70.4 Å². The molecule has 4 atom stereocenters. The van der Waals surface area contributed by atoms with Crippen LogP contribution in [0.4, 0.5) is 10.6 Å². The molecule has 206 valence electrons.